The molecule has 0 bridgehead atoms. The Hall–Kier alpha value is -2.50. The monoisotopic (exact) mass is 555 g/mol. The van der Waals surface area contributed by atoms with Crippen molar-refractivity contribution >= 4 is 28.2 Å². The number of aliphatic hydroxyl groups excluding tert-OH is 1. The minimum atomic E-state index is -0.929. The highest BCUT2D eigenvalue weighted by molar-refractivity contribution is 7.19. The van der Waals surface area contributed by atoms with Crippen LogP contribution in [0.3, 0.4) is 0 Å². The summed E-state index contributed by atoms with van der Waals surface area (Å²) in [6, 6.07) is 12.4. The van der Waals surface area contributed by atoms with Crippen molar-refractivity contribution in [3.05, 3.63) is 42.0 Å². The second-order valence-electron chi connectivity index (χ2n) is 10.6. The lowest BCUT2D eigenvalue weighted by Crippen LogP contribution is -2.53. The zero-order chi connectivity index (χ0) is 27.2. The lowest BCUT2D eigenvalue weighted by molar-refractivity contribution is -0.141. The largest absolute Gasteiger partial charge is 0.378 e. The number of anilines is 1. The second-order valence-corrected chi connectivity index (χ2v) is 11.7. The van der Waals surface area contributed by atoms with Gasteiger partial charge in [-0.3, -0.25) is 19.8 Å². The molecule has 39 heavy (non-hydrogen) atoms. The molecule has 0 radical (unpaired) electrons. The van der Waals surface area contributed by atoms with Gasteiger partial charge in [-0.15, -0.1) is 11.3 Å². The number of benzene rings is 1. The molecule has 0 spiro atoms. The highest BCUT2D eigenvalue weighted by Gasteiger charge is 2.35. The van der Waals surface area contributed by atoms with Crippen LogP contribution in [0.25, 0.3) is 10.4 Å². The smallest absolute Gasteiger partial charge is 0.256 e. The van der Waals surface area contributed by atoms with Crippen LogP contribution in [0, 0.1) is 5.92 Å². The van der Waals surface area contributed by atoms with Crippen LogP contribution in [0.4, 0.5) is 5.00 Å². The van der Waals surface area contributed by atoms with Crippen LogP contribution in [0.2, 0.25) is 0 Å². The van der Waals surface area contributed by atoms with E-state index in [9.17, 15) is 14.7 Å². The Labute approximate surface area is 235 Å². The van der Waals surface area contributed by atoms with E-state index in [-0.39, 0.29) is 17.7 Å². The number of amides is 2. The van der Waals surface area contributed by atoms with E-state index in [2.05, 4.69) is 15.5 Å². The molecule has 3 aliphatic rings. The van der Waals surface area contributed by atoms with E-state index < -0.39 is 6.35 Å². The van der Waals surface area contributed by atoms with Gasteiger partial charge in [0.2, 0.25) is 5.91 Å². The van der Waals surface area contributed by atoms with Crippen LogP contribution in [-0.2, 0) is 9.53 Å². The first-order valence-corrected chi connectivity index (χ1v) is 15.1. The summed E-state index contributed by atoms with van der Waals surface area (Å²) in [6.45, 7) is 8.42. The molecule has 2 atom stereocenters. The number of nitrogens with one attached hydrogen (secondary N) is 2. The van der Waals surface area contributed by atoms with Crippen molar-refractivity contribution in [2.24, 2.45) is 5.92 Å². The summed E-state index contributed by atoms with van der Waals surface area (Å²) in [5.74, 6) is 0.342. The Kier molecular flexibility index (Phi) is 9.52. The van der Waals surface area contributed by atoms with Crippen molar-refractivity contribution in [1.29, 1.82) is 0 Å². The molecule has 1 aromatic carbocycles. The summed E-state index contributed by atoms with van der Waals surface area (Å²) in [5, 5.41) is 17.1. The molecule has 10 heteroatoms. The van der Waals surface area contributed by atoms with Gasteiger partial charge in [-0.2, -0.15) is 0 Å². The van der Waals surface area contributed by atoms with Crippen molar-refractivity contribution in [3.63, 3.8) is 0 Å². The molecule has 3 aliphatic heterocycles. The third-order valence-electron chi connectivity index (χ3n) is 8.08. The number of likely N-dealkylation sites (tertiary alicyclic amines) is 2. The first kappa shape index (κ1) is 28.0. The van der Waals surface area contributed by atoms with Gasteiger partial charge < -0.3 is 25.0 Å². The van der Waals surface area contributed by atoms with Crippen LogP contribution in [0.1, 0.15) is 43.0 Å². The van der Waals surface area contributed by atoms with Gasteiger partial charge in [0.1, 0.15) is 5.00 Å². The number of carbonyl (C=O) groups is 2. The minimum absolute atomic E-state index is 0.00269. The standard InChI is InChI=1S/C29H41N5O4S/c1-2-30-29(37)31-26-24(19-25(39-26)21-7-4-3-5-8-21)28(36)32-13-10-23(11-14-32)34-12-6-9-22(20-34)27(35)33-15-17-38-18-16-33/h3-5,7-8,19,22-23,29-31,37H,2,6,9-18,20H2,1H3. The van der Waals surface area contributed by atoms with E-state index in [0.717, 1.165) is 49.2 Å². The third kappa shape index (κ3) is 6.81. The normalized spacial score (nSPS) is 22.1. The topological polar surface area (TPSA) is 97.4 Å². The number of aliphatic hydroxyl groups is 1. The summed E-state index contributed by atoms with van der Waals surface area (Å²) in [7, 11) is 0. The lowest BCUT2D eigenvalue weighted by atomic mass is 9.92. The predicted octanol–water partition coefficient (Wildman–Crippen LogP) is 2.89. The SMILES string of the molecule is CCNC(O)Nc1sc(-c2ccccc2)cc1C(=O)N1CCC(N2CCCC(C(=O)N3CCOCC3)C2)CC1. The summed E-state index contributed by atoms with van der Waals surface area (Å²) in [4.78, 5) is 34.2. The van der Waals surface area contributed by atoms with Crippen molar-refractivity contribution in [2.45, 2.75) is 45.0 Å². The van der Waals surface area contributed by atoms with E-state index in [1.807, 2.05) is 53.1 Å². The molecule has 3 saturated heterocycles. The molecule has 0 saturated carbocycles. The molecule has 9 nitrogen and oxygen atoms in total. The lowest BCUT2D eigenvalue weighted by Gasteiger charge is -2.43. The number of carbonyl (C=O) groups excluding carboxylic acids is 2. The zero-order valence-corrected chi connectivity index (χ0v) is 23.6. The highest BCUT2D eigenvalue weighted by Crippen LogP contribution is 2.37. The molecular weight excluding hydrogens is 514 g/mol. The van der Waals surface area contributed by atoms with Crippen LogP contribution in [0.15, 0.2) is 36.4 Å². The van der Waals surface area contributed by atoms with Crippen molar-refractivity contribution in [2.75, 3.05) is 64.3 Å². The Morgan fingerprint density at radius 2 is 1.79 bits per heavy atom. The van der Waals surface area contributed by atoms with Gasteiger partial charge in [-0.1, -0.05) is 37.3 Å². The van der Waals surface area contributed by atoms with Crippen LogP contribution < -0.4 is 10.6 Å². The minimum Gasteiger partial charge on any atom is -0.378 e. The summed E-state index contributed by atoms with van der Waals surface area (Å²) < 4.78 is 5.42. The van der Waals surface area contributed by atoms with E-state index in [0.29, 0.717) is 62.5 Å². The Balaban J connectivity index is 1.22. The van der Waals surface area contributed by atoms with Gasteiger partial charge >= 0.3 is 0 Å². The molecule has 3 N–H and O–H groups in total. The fraction of sp³-hybridized carbons (Fsp3) is 0.586. The summed E-state index contributed by atoms with van der Waals surface area (Å²) in [5.41, 5.74) is 1.65. The van der Waals surface area contributed by atoms with Crippen molar-refractivity contribution in [1.82, 2.24) is 20.0 Å². The van der Waals surface area contributed by atoms with Crippen molar-refractivity contribution < 1.29 is 19.4 Å². The predicted molar refractivity (Wildman–Crippen MR) is 154 cm³/mol. The third-order valence-corrected chi connectivity index (χ3v) is 9.19. The number of morpholine rings is 1. The van der Waals surface area contributed by atoms with Gasteiger partial charge in [-0.25, -0.2) is 0 Å². The fourth-order valence-electron chi connectivity index (χ4n) is 5.96. The maximum absolute atomic E-state index is 13.7. The van der Waals surface area contributed by atoms with E-state index in [1.54, 1.807) is 0 Å². The molecule has 3 fully saturated rings. The second kappa shape index (κ2) is 13.2. The Morgan fingerprint density at radius 3 is 2.51 bits per heavy atom. The molecule has 212 valence electrons. The number of rotatable bonds is 8. The average Bonchev–Trinajstić information content (AvgIpc) is 3.41. The molecule has 5 rings (SSSR count). The first-order chi connectivity index (χ1) is 19.0. The maximum Gasteiger partial charge on any atom is 0.256 e. The molecular formula is C29H41N5O4S. The number of nitrogens with zero attached hydrogens (tertiary/aromatic N) is 3. The van der Waals surface area contributed by atoms with E-state index >= 15 is 0 Å². The number of thiophene rings is 1. The zero-order valence-electron chi connectivity index (χ0n) is 22.8. The molecule has 2 amide bonds. The molecule has 2 aromatic rings. The van der Waals surface area contributed by atoms with Crippen LogP contribution in [0.5, 0.6) is 0 Å². The van der Waals surface area contributed by atoms with Gasteiger partial charge in [-0.05, 0) is 50.4 Å². The Morgan fingerprint density at radius 1 is 1.05 bits per heavy atom. The number of hydrogen-bond acceptors (Lipinski definition) is 8. The quantitative estimate of drug-likeness (QED) is 0.431. The maximum atomic E-state index is 13.7. The number of ether oxygens (including phenoxy) is 1. The van der Waals surface area contributed by atoms with Gasteiger partial charge in [0.05, 0.1) is 24.7 Å². The molecule has 2 unspecified atom stereocenters. The Bertz CT molecular complexity index is 1100. The van der Waals surface area contributed by atoms with Gasteiger partial charge in [0, 0.05) is 43.6 Å². The molecule has 1 aromatic heterocycles. The number of piperidine rings is 2. The van der Waals surface area contributed by atoms with Gasteiger partial charge in [0.15, 0.2) is 6.35 Å². The van der Waals surface area contributed by atoms with E-state index in [1.165, 1.54) is 11.3 Å². The van der Waals surface area contributed by atoms with Gasteiger partial charge in [0.25, 0.3) is 5.91 Å². The average molecular weight is 556 g/mol. The number of hydrogen-bond donors (Lipinski definition) is 3. The fourth-order valence-corrected chi connectivity index (χ4v) is 7.03. The molecule has 0 aliphatic carbocycles. The summed E-state index contributed by atoms with van der Waals surface area (Å²) >= 11 is 1.49. The van der Waals surface area contributed by atoms with E-state index in [4.69, 9.17) is 4.74 Å². The van der Waals surface area contributed by atoms with Crippen LogP contribution in [-0.4, -0.2) is 103 Å². The summed E-state index contributed by atoms with van der Waals surface area (Å²) in [6.07, 6.45) is 2.88. The van der Waals surface area contributed by atoms with Crippen molar-refractivity contribution in [3.8, 4) is 10.4 Å². The molecule has 4 heterocycles. The first-order valence-electron chi connectivity index (χ1n) is 14.3. The van der Waals surface area contributed by atoms with Crippen LogP contribution >= 0.6 is 11.3 Å². The highest BCUT2D eigenvalue weighted by atomic mass is 32.1.